The first-order valence-electron chi connectivity index (χ1n) is 10.7. The van der Waals surface area contributed by atoms with Gasteiger partial charge in [-0.25, -0.2) is 0 Å². The van der Waals surface area contributed by atoms with Gasteiger partial charge >= 0.3 is 0 Å². The van der Waals surface area contributed by atoms with Crippen LogP contribution in [0.25, 0.3) is 5.70 Å². The van der Waals surface area contributed by atoms with Crippen LogP contribution in [0.15, 0.2) is 53.2 Å². The van der Waals surface area contributed by atoms with Crippen molar-refractivity contribution in [2.75, 3.05) is 25.0 Å². The van der Waals surface area contributed by atoms with Crippen LogP contribution in [0.3, 0.4) is 0 Å². The van der Waals surface area contributed by atoms with E-state index in [1.807, 2.05) is 37.3 Å². The van der Waals surface area contributed by atoms with Crippen LogP contribution in [0.5, 0.6) is 0 Å². The first kappa shape index (κ1) is 23.1. The Morgan fingerprint density at radius 3 is 2.65 bits per heavy atom. The molecule has 0 aromatic heterocycles. The Morgan fingerprint density at radius 2 is 1.97 bits per heavy atom. The first-order valence-corrected chi connectivity index (χ1v) is 11.4. The van der Waals surface area contributed by atoms with Crippen molar-refractivity contribution in [3.05, 3.63) is 58.7 Å². The average molecular weight is 487 g/mol. The Bertz CT molecular complexity index is 914. The fourth-order valence-electron chi connectivity index (χ4n) is 4.20. The molecule has 0 saturated carbocycles. The summed E-state index contributed by atoms with van der Waals surface area (Å²) >= 11 is 3.53. The molecular formula is C24H31BrN4O2. The van der Waals surface area contributed by atoms with E-state index in [0.29, 0.717) is 17.5 Å². The molecule has 7 heteroatoms. The minimum atomic E-state index is -0.469. The third-order valence-corrected chi connectivity index (χ3v) is 6.05. The van der Waals surface area contributed by atoms with Crippen molar-refractivity contribution in [3.8, 4) is 0 Å². The molecular weight excluding hydrogens is 456 g/mol. The molecule has 1 aromatic carbocycles. The summed E-state index contributed by atoms with van der Waals surface area (Å²) in [4.78, 5) is 27.2. The predicted molar refractivity (Wildman–Crippen MR) is 129 cm³/mol. The number of rotatable bonds is 6. The van der Waals surface area contributed by atoms with E-state index in [4.69, 9.17) is 0 Å². The van der Waals surface area contributed by atoms with Crippen LogP contribution in [0, 0.1) is 11.8 Å². The SMILES string of the molecule is C=C(c1cc(Br)ccc1NC(=O)CNC(=O)C1C=CC=C(C)N1)N1C[C@H](C)C[C@H](C)C1. The van der Waals surface area contributed by atoms with E-state index < -0.39 is 6.04 Å². The topological polar surface area (TPSA) is 73.5 Å². The second-order valence-corrected chi connectivity index (χ2v) is 9.53. The number of nitrogens with zero attached hydrogens (tertiary/aromatic N) is 1. The Morgan fingerprint density at radius 1 is 1.26 bits per heavy atom. The van der Waals surface area contributed by atoms with Crippen molar-refractivity contribution >= 4 is 39.1 Å². The minimum absolute atomic E-state index is 0.104. The first-order chi connectivity index (χ1) is 14.7. The lowest BCUT2D eigenvalue weighted by Crippen LogP contribution is -2.45. The number of halogens is 1. The van der Waals surface area contributed by atoms with Crippen molar-refractivity contribution in [2.45, 2.75) is 33.2 Å². The molecule has 0 spiro atoms. The van der Waals surface area contributed by atoms with E-state index >= 15 is 0 Å². The molecule has 2 aliphatic heterocycles. The average Bonchev–Trinajstić information content (AvgIpc) is 2.72. The van der Waals surface area contributed by atoms with E-state index in [9.17, 15) is 9.59 Å². The van der Waals surface area contributed by atoms with Gasteiger partial charge in [0.15, 0.2) is 0 Å². The van der Waals surface area contributed by atoms with Crippen LogP contribution in [-0.4, -0.2) is 42.4 Å². The number of carbonyl (C=O) groups is 2. The number of allylic oxidation sites excluding steroid dienone is 3. The monoisotopic (exact) mass is 486 g/mol. The number of anilines is 1. The molecule has 6 nitrogen and oxygen atoms in total. The molecule has 1 aromatic rings. The van der Waals surface area contributed by atoms with Gasteiger partial charge in [-0.3, -0.25) is 9.59 Å². The molecule has 3 atom stereocenters. The summed E-state index contributed by atoms with van der Waals surface area (Å²) in [5.41, 5.74) is 3.38. The zero-order chi connectivity index (χ0) is 22.5. The van der Waals surface area contributed by atoms with Crippen molar-refractivity contribution in [2.24, 2.45) is 11.8 Å². The molecule has 0 bridgehead atoms. The molecule has 2 heterocycles. The Labute approximate surface area is 193 Å². The summed E-state index contributed by atoms with van der Waals surface area (Å²) < 4.78 is 0.923. The van der Waals surface area contributed by atoms with Crippen LogP contribution in [0.4, 0.5) is 5.69 Å². The van der Waals surface area contributed by atoms with Gasteiger partial charge in [-0.2, -0.15) is 0 Å². The summed E-state index contributed by atoms with van der Waals surface area (Å²) in [5.74, 6) is 0.677. The molecule has 3 rings (SSSR count). The molecule has 0 aliphatic carbocycles. The maximum absolute atomic E-state index is 12.6. The molecule has 0 radical (unpaired) electrons. The van der Waals surface area contributed by atoms with Crippen molar-refractivity contribution in [1.82, 2.24) is 15.5 Å². The summed E-state index contributed by atoms with van der Waals surface area (Å²) in [6.45, 7) is 12.5. The smallest absolute Gasteiger partial charge is 0.246 e. The fourth-order valence-corrected chi connectivity index (χ4v) is 4.56. The number of hydrogen-bond acceptors (Lipinski definition) is 4. The van der Waals surface area contributed by atoms with Gasteiger partial charge in [0.05, 0.1) is 12.2 Å². The normalized spacial score (nSPS) is 22.9. The minimum Gasteiger partial charge on any atom is -0.374 e. The maximum Gasteiger partial charge on any atom is 0.246 e. The molecule has 31 heavy (non-hydrogen) atoms. The highest BCUT2D eigenvalue weighted by molar-refractivity contribution is 9.10. The van der Waals surface area contributed by atoms with Crippen molar-refractivity contribution < 1.29 is 9.59 Å². The second kappa shape index (κ2) is 10.2. The van der Waals surface area contributed by atoms with Crippen LogP contribution >= 0.6 is 15.9 Å². The number of hydrogen-bond donors (Lipinski definition) is 3. The number of benzene rings is 1. The van der Waals surface area contributed by atoms with Gasteiger partial charge in [-0.15, -0.1) is 0 Å². The lowest BCUT2D eigenvalue weighted by atomic mass is 9.91. The summed E-state index contributed by atoms with van der Waals surface area (Å²) in [6, 6.07) is 5.26. The van der Waals surface area contributed by atoms with E-state index in [1.165, 1.54) is 6.42 Å². The zero-order valence-electron chi connectivity index (χ0n) is 18.4. The number of likely N-dealkylation sites (tertiary alicyclic amines) is 1. The maximum atomic E-state index is 12.6. The van der Waals surface area contributed by atoms with E-state index in [2.05, 4.69) is 57.2 Å². The highest BCUT2D eigenvalue weighted by Crippen LogP contribution is 2.32. The second-order valence-electron chi connectivity index (χ2n) is 8.61. The lowest BCUT2D eigenvalue weighted by Gasteiger charge is -2.38. The number of piperidine rings is 1. The van der Waals surface area contributed by atoms with Crippen LogP contribution < -0.4 is 16.0 Å². The van der Waals surface area contributed by atoms with Crippen LogP contribution in [0.2, 0.25) is 0 Å². The van der Waals surface area contributed by atoms with Gasteiger partial charge < -0.3 is 20.9 Å². The molecule has 1 fully saturated rings. The number of carbonyl (C=O) groups excluding carboxylic acids is 2. The molecule has 1 saturated heterocycles. The molecule has 2 aliphatic rings. The van der Waals surface area contributed by atoms with Gasteiger partial charge in [0, 0.05) is 34.5 Å². The largest absolute Gasteiger partial charge is 0.374 e. The predicted octanol–water partition coefficient (Wildman–Crippen LogP) is 3.88. The van der Waals surface area contributed by atoms with Gasteiger partial charge in [-0.1, -0.05) is 48.5 Å². The van der Waals surface area contributed by atoms with Gasteiger partial charge in [0.1, 0.15) is 6.04 Å². The van der Waals surface area contributed by atoms with Crippen LogP contribution in [-0.2, 0) is 9.59 Å². The van der Waals surface area contributed by atoms with Crippen LogP contribution in [0.1, 0.15) is 32.8 Å². The number of nitrogens with one attached hydrogen (secondary N) is 3. The fraction of sp³-hybridized carbons (Fsp3) is 0.417. The number of dihydropyridines is 1. The van der Waals surface area contributed by atoms with Crippen molar-refractivity contribution in [1.29, 1.82) is 0 Å². The molecule has 3 N–H and O–H groups in total. The summed E-state index contributed by atoms with van der Waals surface area (Å²) in [7, 11) is 0. The third kappa shape index (κ3) is 6.23. The number of amides is 2. The summed E-state index contributed by atoms with van der Waals surface area (Å²) in [5, 5.41) is 8.70. The highest BCUT2D eigenvalue weighted by atomic mass is 79.9. The lowest BCUT2D eigenvalue weighted by molar-refractivity contribution is -0.124. The summed E-state index contributed by atoms with van der Waals surface area (Å²) in [6.07, 6.45) is 6.70. The van der Waals surface area contributed by atoms with Gasteiger partial charge in [-0.05, 0) is 49.5 Å². The van der Waals surface area contributed by atoms with E-state index in [0.717, 1.165) is 34.5 Å². The Balaban J connectivity index is 1.64. The molecule has 166 valence electrons. The quantitative estimate of drug-likeness (QED) is 0.570. The van der Waals surface area contributed by atoms with E-state index in [1.54, 1.807) is 6.08 Å². The Kier molecular flexibility index (Phi) is 7.59. The Hall–Kier alpha value is -2.54. The zero-order valence-corrected chi connectivity index (χ0v) is 20.0. The molecule has 1 unspecified atom stereocenters. The van der Waals surface area contributed by atoms with Gasteiger partial charge in [0.25, 0.3) is 0 Å². The third-order valence-electron chi connectivity index (χ3n) is 5.56. The standard InChI is InChI=1S/C24H31BrN4O2/c1-15-10-16(2)14-29(13-15)18(4)20-11-19(25)8-9-21(20)28-23(30)12-26-24(31)22-7-5-6-17(3)27-22/h5-9,11,15-16,22,27H,4,10,12-14H2,1-3H3,(H,26,31)(H,28,30)/t15-,16+,22?. The van der Waals surface area contributed by atoms with Crippen molar-refractivity contribution in [3.63, 3.8) is 0 Å². The van der Waals surface area contributed by atoms with E-state index in [-0.39, 0.29) is 18.4 Å². The van der Waals surface area contributed by atoms with Gasteiger partial charge in [0.2, 0.25) is 11.8 Å². The molecule has 2 amide bonds. The highest BCUT2D eigenvalue weighted by Gasteiger charge is 2.25.